The second-order valence-corrected chi connectivity index (χ2v) is 2.14. The predicted molar refractivity (Wildman–Crippen MR) is 40.0 cm³/mol. The first kappa shape index (κ1) is 7.55. The molecule has 3 nitrogen and oxygen atoms in total. The van der Waals surface area contributed by atoms with E-state index < -0.39 is 0 Å². The molecule has 11 heavy (non-hydrogen) atoms. The van der Waals surface area contributed by atoms with E-state index >= 15 is 0 Å². The van der Waals surface area contributed by atoms with E-state index in [1.165, 1.54) is 6.07 Å². The number of hydrogen-bond donors (Lipinski definition) is 1. The molecular formula is C8H8N2O. The Bertz CT molecular complexity index is 301. The van der Waals surface area contributed by atoms with Gasteiger partial charge in [-0.3, -0.25) is 0 Å². The van der Waals surface area contributed by atoms with Gasteiger partial charge < -0.3 is 5.11 Å². The summed E-state index contributed by atoms with van der Waals surface area (Å²) in [4.78, 5) is 3.90. The zero-order chi connectivity index (χ0) is 8.27. The molecule has 0 saturated carbocycles. The third-order valence-corrected chi connectivity index (χ3v) is 1.40. The van der Waals surface area contributed by atoms with Gasteiger partial charge in [0.1, 0.15) is 6.07 Å². The molecule has 1 N–H and O–H groups in total. The fourth-order valence-electron chi connectivity index (χ4n) is 0.771. The Morgan fingerprint density at radius 2 is 2.36 bits per heavy atom. The van der Waals surface area contributed by atoms with Gasteiger partial charge in [0.25, 0.3) is 0 Å². The first-order valence-electron chi connectivity index (χ1n) is 3.37. The molecular weight excluding hydrogens is 140 g/mol. The molecule has 0 aliphatic carbocycles. The lowest BCUT2D eigenvalue weighted by molar-refractivity contribution is 0.470. The molecule has 0 spiro atoms. The maximum absolute atomic E-state index is 9.05. The number of pyridine rings is 1. The Labute approximate surface area is 64.9 Å². The lowest BCUT2D eigenvalue weighted by Crippen LogP contribution is -1.89. The Balaban J connectivity index is 3.15. The molecule has 56 valence electrons. The Hall–Kier alpha value is -1.56. The minimum atomic E-state index is -0.0512. The lowest BCUT2D eigenvalue weighted by atomic mass is 10.2. The summed E-state index contributed by atoms with van der Waals surface area (Å²) in [5.41, 5.74) is 0.920. The average molecular weight is 148 g/mol. The fourth-order valence-corrected chi connectivity index (χ4v) is 0.771. The van der Waals surface area contributed by atoms with E-state index in [9.17, 15) is 0 Å². The average Bonchev–Trinajstić information content (AvgIpc) is 2.05. The number of rotatable bonds is 1. The molecule has 0 fully saturated rings. The number of nitrogens with zero attached hydrogens (tertiary/aromatic N) is 2. The maximum atomic E-state index is 9.05. The first-order valence-corrected chi connectivity index (χ1v) is 3.37. The predicted octanol–water partition coefficient (Wildman–Crippen LogP) is 1.22. The quantitative estimate of drug-likeness (QED) is 0.651. The highest BCUT2D eigenvalue weighted by Crippen LogP contribution is 2.13. The summed E-state index contributed by atoms with van der Waals surface area (Å²) in [7, 11) is 0. The summed E-state index contributed by atoms with van der Waals surface area (Å²) < 4.78 is 0. The summed E-state index contributed by atoms with van der Waals surface area (Å²) in [6.07, 6.45) is 0.773. The second kappa shape index (κ2) is 3.02. The van der Waals surface area contributed by atoms with Crippen molar-refractivity contribution in [2.75, 3.05) is 0 Å². The van der Waals surface area contributed by atoms with Crippen LogP contribution in [0.5, 0.6) is 5.75 Å². The summed E-state index contributed by atoms with van der Waals surface area (Å²) in [6.45, 7) is 1.94. The highest BCUT2D eigenvalue weighted by atomic mass is 16.3. The van der Waals surface area contributed by atoms with Crippen LogP contribution in [0.4, 0.5) is 0 Å². The van der Waals surface area contributed by atoms with Crippen molar-refractivity contribution in [3.63, 3.8) is 0 Å². The number of aromatic nitrogens is 1. The third-order valence-electron chi connectivity index (χ3n) is 1.40. The van der Waals surface area contributed by atoms with Crippen molar-refractivity contribution in [2.24, 2.45) is 0 Å². The number of aromatic hydroxyl groups is 1. The van der Waals surface area contributed by atoms with Crippen LogP contribution in [-0.4, -0.2) is 10.1 Å². The Kier molecular flexibility index (Phi) is 2.07. The van der Waals surface area contributed by atoms with Crippen LogP contribution in [-0.2, 0) is 6.42 Å². The van der Waals surface area contributed by atoms with Gasteiger partial charge in [-0.05, 0) is 18.6 Å². The maximum Gasteiger partial charge on any atom is 0.182 e. The van der Waals surface area contributed by atoms with E-state index in [4.69, 9.17) is 10.4 Å². The minimum absolute atomic E-state index is 0.0512. The molecule has 1 heterocycles. The number of hydrogen-bond acceptors (Lipinski definition) is 3. The second-order valence-electron chi connectivity index (χ2n) is 2.14. The number of nitriles is 1. The molecule has 0 aliphatic rings. The molecule has 0 unspecified atom stereocenters. The third kappa shape index (κ3) is 1.47. The van der Waals surface area contributed by atoms with Crippen molar-refractivity contribution in [1.82, 2.24) is 4.98 Å². The molecule has 0 amide bonds. The van der Waals surface area contributed by atoms with E-state index in [1.807, 2.05) is 13.0 Å². The van der Waals surface area contributed by atoms with Gasteiger partial charge in [-0.25, -0.2) is 4.98 Å². The van der Waals surface area contributed by atoms with Crippen LogP contribution in [0, 0.1) is 11.3 Å². The molecule has 0 aliphatic heterocycles. The zero-order valence-electron chi connectivity index (χ0n) is 6.20. The van der Waals surface area contributed by atoms with Crippen LogP contribution in [0.3, 0.4) is 0 Å². The molecule has 0 atom stereocenters. The lowest BCUT2D eigenvalue weighted by Gasteiger charge is -1.97. The van der Waals surface area contributed by atoms with Crippen molar-refractivity contribution in [3.05, 3.63) is 23.5 Å². The SMILES string of the molecule is CCc1ccc(O)c(C#N)n1. The van der Waals surface area contributed by atoms with Crippen molar-refractivity contribution >= 4 is 0 Å². The van der Waals surface area contributed by atoms with E-state index in [0.717, 1.165) is 12.1 Å². The van der Waals surface area contributed by atoms with Crippen LogP contribution in [0.1, 0.15) is 18.3 Å². The van der Waals surface area contributed by atoms with Crippen molar-refractivity contribution in [2.45, 2.75) is 13.3 Å². The molecule has 1 aromatic heterocycles. The van der Waals surface area contributed by atoms with Crippen LogP contribution in [0.15, 0.2) is 12.1 Å². The fraction of sp³-hybridized carbons (Fsp3) is 0.250. The summed E-state index contributed by atoms with van der Waals surface area (Å²) >= 11 is 0. The van der Waals surface area contributed by atoms with Gasteiger partial charge >= 0.3 is 0 Å². The summed E-state index contributed by atoms with van der Waals surface area (Å²) in [5, 5.41) is 17.5. The molecule has 1 rings (SSSR count). The van der Waals surface area contributed by atoms with Gasteiger partial charge in [0, 0.05) is 5.69 Å². The van der Waals surface area contributed by atoms with Gasteiger partial charge in [0.2, 0.25) is 0 Å². The zero-order valence-corrected chi connectivity index (χ0v) is 6.20. The van der Waals surface area contributed by atoms with Crippen LogP contribution >= 0.6 is 0 Å². The molecule has 1 aromatic rings. The Morgan fingerprint density at radius 3 is 2.91 bits per heavy atom. The van der Waals surface area contributed by atoms with Crippen LogP contribution in [0.25, 0.3) is 0 Å². The van der Waals surface area contributed by atoms with Gasteiger partial charge in [-0.15, -0.1) is 0 Å². The molecule has 3 heteroatoms. The molecule has 0 saturated heterocycles. The van der Waals surface area contributed by atoms with E-state index in [2.05, 4.69) is 4.98 Å². The normalized spacial score (nSPS) is 9.09. The van der Waals surface area contributed by atoms with Crippen molar-refractivity contribution < 1.29 is 5.11 Å². The summed E-state index contributed by atoms with van der Waals surface area (Å²) in [5.74, 6) is -0.0512. The van der Waals surface area contributed by atoms with Crippen LogP contribution in [0.2, 0.25) is 0 Å². The van der Waals surface area contributed by atoms with E-state index in [-0.39, 0.29) is 11.4 Å². The monoisotopic (exact) mass is 148 g/mol. The summed E-state index contributed by atoms with van der Waals surface area (Å²) in [6, 6.07) is 5.00. The van der Waals surface area contributed by atoms with Gasteiger partial charge in [0.05, 0.1) is 0 Å². The molecule has 0 aromatic carbocycles. The standard InChI is InChI=1S/C8H8N2O/c1-2-6-3-4-8(11)7(5-9)10-6/h3-4,11H,2H2,1H3. The topological polar surface area (TPSA) is 56.9 Å². The van der Waals surface area contributed by atoms with E-state index in [0.29, 0.717) is 0 Å². The Morgan fingerprint density at radius 1 is 1.64 bits per heavy atom. The smallest absolute Gasteiger partial charge is 0.182 e. The van der Waals surface area contributed by atoms with Gasteiger partial charge in [-0.1, -0.05) is 6.92 Å². The number of aryl methyl sites for hydroxylation is 1. The molecule has 0 bridgehead atoms. The van der Waals surface area contributed by atoms with Crippen molar-refractivity contribution in [1.29, 1.82) is 5.26 Å². The minimum Gasteiger partial charge on any atom is -0.505 e. The first-order chi connectivity index (χ1) is 5.27. The highest BCUT2D eigenvalue weighted by molar-refractivity contribution is 5.36. The molecule has 0 radical (unpaired) electrons. The largest absolute Gasteiger partial charge is 0.505 e. The van der Waals surface area contributed by atoms with Gasteiger partial charge in [-0.2, -0.15) is 5.26 Å². The van der Waals surface area contributed by atoms with Crippen LogP contribution < -0.4 is 0 Å². The highest BCUT2D eigenvalue weighted by Gasteiger charge is 2.00. The van der Waals surface area contributed by atoms with E-state index in [1.54, 1.807) is 6.07 Å². The van der Waals surface area contributed by atoms with Gasteiger partial charge in [0.15, 0.2) is 11.4 Å². The van der Waals surface area contributed by atoms with Crippen molar-refractivity contribution in [3.8, 4) is 11.8 Å².